The van der Waals surface area contributed by atoms with Crippen LogP contribution in [0.15, 0.2) is 36.4 Å². The fourth-order valence-corrected chi connectivity index (χ4v) is 2.79. The number of benzene rings is 1. The third-order valence-electron chi connectivity index (χ3n) is 3.89. The highest BCUT2D eigenvalue weighted by atomic mass is 15.2. The second kappa shape index (κ2) is 8.64. The number of rotatable bonds is 8. The summed E-state index contributed by atoms with van der Waals surface area (Å²) in [5, 5.41) is 6.67. The number of para-hydroxylation sites is 1. The maximum atomic E-state index is 4.56. The highest BCUT2D eigenvalue weighted by Crippen LogP contribution is 2.15. The number of hydrogen-bond acceptors (Lipinski definition) is 5. The minimum absolute atomic E-state index is 0.536. The molecule has 5 nitrogen and oxygen atoms in total. The lowest BCUT2D eigenvalue weighted by Gasteiger charge is -2.30. The van der Waals surface area contributed by atoms with Crippen LogP contribution < -0.4 is 10.6 Å². The molecule has 130 valence electrons. The lowest BCUT2D eigenvalue weighted by Crippen LogP contribution is -2.40. The molecule has 1 heterocycles. The Morgan fingerprint density at radius 3 is 2.29 bits per heavy atom. The maximum absolute atomic E-state index is 4.56. The van der Waals surface area contributed by atoms with Gasteiger partial charge in [0.1, 0.15) is 5.82 Å². The summed E-state index contributed by atoms with van der Waals surface area (Å²) >= 11 is 0. The molecule has 24 heavy (non-hydrogen) atoms. The Morgan fingerprint density at radius 1 is 1.00 bits per heavy atom. The third kappa shape index (κ3) is 5.49. The van der Waals surface area contributed by atoms with E-state index in [1.165, 1.54) is 0 Å². The van der Waals surface area contributed by atoms with Crippen LogP contribution >= 0.6 is 0 Å². The molecule has 2 N–H and O–H groups in total. The zero-order valence-electron chi connectivity index (χ0n) is 15.4. The van der Waals surface area contributed by atoms with Crippen LogP contribution in [0.2, 0.25) is 0 Å². The van der Waals surface area contributed by atoms with E-state index in [-0.39, 0.29) is 0 Å². The standard InChI is InChI=1S/C19H29N5/c1-14(2)24(15(3)4)12-11-20-18-13-16(5)21-19(23-18)22-17-9-7-6-8-10-17/h6-10,13-15H,11-12H2,1-5H3,(H2,20,21,22,23). The molecule has 0 amide bonds. The van der Waals surface area contributed by atoms with Crippen LogP contribution in [0.1, 0.15) is 33.4 Å². The van der Waals surface area contributed by atoms with Gasteiger partial charge in [0.05, 0.1) is 0 Å². The second-order valence-corrected chi connectivity index (χ2v) is 6.56. The van der Waals surface area contributed by atoms with Crippen LogP contribution in [0.4, 0.5) is 17.5 Å². The summed E-state index contributed by atoms with van der Waals surface area (Å²) in [7, 11) is 0. The average molecular weight is 327 g/mol. The van der Waals surface area contributed by atoms with Gasteiger partial charge in [-0.2, -0.15) is 4.98 Å². The van der Waals surface area contributed by atoms with Gasteiger partial charge in [0.2, 0.25) is 5.95 Å². The molecule has 1 aromatic carbocycles. The second-order valence-electron chi connectivity index (χ2n) is 6.56. The van der Waals surface area contributed by atoms with E-state index in [1.807, 2.05) is 43.3 Å². The minimum Gasteiger partial charge on any atom is -0.369 e. The summed E-state index contributed by atoms with van der Waals surface area (Å²) in [5.41, 5.74) is 1.93. The van der Waals surface area contributed by atoms with E-state index < -0.39 is 0 Å². The normalized spacial score (nSPS) is 11.3. The molecule has 0 atom stereocenters. The molecule has 2 rings (SSSR count). The summed E-state index contributed by atoms with van der Waals surface area (Å²) in [5.74, 6) is 1.47. The van der Waals surface area contributed by atoms with Gasteiger partial charge < -0.3 is 10.6 Å². The predicted octanol–water partition coefficient (Wildman–Crippen LogP) is 4.06. The average Bonchev–Trinajstić information content (AvgIpc) is 2.51. The monoisotopic (exact) mass is 327 g/mol. The Bertz CT molecular complexity index is 617. The van der Waals surface area contributed by atoms with Crippen LogP contribution in [0.3, 0.4) is 0 Å². The zero-order valence-corrected chi connectivity index (χ0v) is 15.4. The van der Waals surface area contributed by atoms with E-state index in [1.54, 1.807) is 0 Å². The molecule has 1 aromatic heterocycles. The van der Waals surface area contributed by atoms with Crippen LogP contribution in [-0.4, -0.2) is 40.0 Å². The number of hydrogen-bond donors (Lipinski definition) is 2. The van der Waals surface area contributed by atoms with Gasteiger partial charge in [-0.05, 0) is 46.8 Å². The van der Waals surface area contributed by atoms with Crippen molar-refractivity contribution in [1.29, 1.82) is 0 Å². The van der Waals surface area contributed by atoms with Crippen molar-refractivity contribution in [3.05, 3.63) is 42.1 Å². The van der Waals surface area contributed by atoms with E-state index in [4.69, 9.17) is 0 Å². The van der Waals surface area contributed by atoms with Gasteiger partial charge in [0.15, 0.2) is 0 Å². The van der Waals surface area contributed by atoms with E-state index in [0.717, 1.165) is 30.3 Å². The zero-order chi connectivity index (χ0) is 17.5. The molecule has 0 spiro atoms. The Labute approximate surface area is 145 Å². The quantitative estimate of drug-likeness (QED) is 0.766. The molecular weight excluding hydrogens is 298 g/mol. The molecular formula is C19H29N5. The van der Waals surface area contributed by atoms with Crippen molar-refractivity contribution in [2.75, 3.05) is 23.7 Å². The van der Waals surface area contributed by atoms with Crippen molar-refractivity contribution in [3.8, 4) is 0 Å². The highest BCUT2D eigenvalue weighted by molar-refractivity contribution is 5.54. The van der Waals surface area contributed by atoms with E-state index in [2.05, 4.69) is 53.2 Å². The van der Waals surface area contributed by atoms with Gasteiger partial charge in [-0.1, -0.05) is 18.2 Å². The predicted molar refractivity (Wildman–Crippen MR) is 102 cm³/mol. The Balaban J connectivity index is 1.98. The summed E-state index contributed by atoms with van der Waals surface area (Å²) in [6, 6.07) is 13.0. The molecule has 0 aliphatic carbocycles. The molecule has 0 radical (unpaired) electrons. The first-order chi connectivity index (χ1) is 11.5. The van der Waals surface area contributed by atoms with Crippen molar-refractivity contribution >= 4 is 17.5 Å². The molecule has 0 aliphatic heterocycles. The number of aromatic nitrogens is 2. The van der Waals surface area contributed by atoms with Crippen molar-refractivity contribution in [2.45, 2.75) is 46.7 Å². The van der Waals surface area contributed by atoms with Gasteiger partial charge in [-0.15, -0.1) is 0 Å². The fourth-order valence-electron chi connectivity index (χ4n) is 2.79. The molecule has 0 fully saturated rings. The first-order valence-electron chi connectivity index (χ1n) is 8.63. The summed E-state index contributed by atoms with van der Waals surface area (Å²) in [6.45, 7) is 12.8. The first-order valence-corrected chi connectivity index (χ1v) is 8.63. The summed E-state index contributed by atoms with van der Waals surface area (Å²) < 4.78 is 0. The first kappa shape index (κ1) is 18.2. The van der Waals surface area contributed by atoms with E-state index in [0.29, 0.717) is 18.0 Å². The van der Waals surface area contributed by atoms with Crippen LogP contribution in [0.25, 0.3) is 0 Å². The smallest absolute Gasteiger partial charge is 0.229 e. The number of aryl methyl sites for hydroxylation is 1. The molecule has 0 saturated carbocycles. The maximum Gasteiger partial charge on any atom is 0.229 e. The highest BCUT2D eigenvalue weighted by Gasteiger charge is 2.12. The Morgan fingerprint density at radius 2 is 1.67 bits per heavy atom. The van der Waals surface area contributed by atoms with Gasteiger partial charge in [-0.25, -0.2) is 4.98 Å². The van der Waals surface area contributed by atoms with Gasteiger partial charge in [0.25, 0.3) is 0 Å². The van der Waals surface area contributed by atoms with Crippen molar-refractivity contribution < 1.29 is 0 Å². The summed E-state index contributed by atoms with van der Waals surface area (Å²) in [6.07, 6.45) is 0. The van der Waals surface area contributed by atoms with E-state index in [9.17, 15) is 0 Å². The van der Waals surface area contributed by atoms with E-state index >= 15 is 0 Å². The van der Waals surface area contributed by atoms with Gasteiger partial charge in [-0.3, -0.25) is 4.90 Å². The lowest BCUT2D eigenvalue weighted by molar-refractivity contribution is 0.182. The van der Waals surface area contributed by atoms with Crippen LogP contribution in [-0.2, 0) is 0 Å². The van der Waals surface area contributed by atoms with Crippen molar-refractivity contribution in [3.63, 3.8) is 0 Å². The lowest BCUT2D eigenvalue weighted by atomic mass is 10.2. The van der Waals surface area contributed by atoms with Crippen molar-refractivity contribution in [1.82, 2.24) is 14.9 Å². The van der Waals surface area contributed by atoms with Crippen molar-refractivity contribution in [2.24, 2.45) is 0 Å². The van der Waals surface area contributed by atoms with Gasteiger partial charge in [0, 0.05) is 42.6 Å². The molecule has 0 aliphatic rings. The number of nitrogens with one attached hydrogen (secondary N) is 2. The SMILES string of the molecule is Cc1cc(NCCN(C(C)C)C(C)C)nc(Nc2ccccc2)n1. The summed E-state index contributed by atoms with van der Waals surface area (Å²) in [4.78, 5) is 11.5. The topological polar surface area (TPSA) is 53.1 Å². The van der Waals surface area contributed by atoms with Crippen LogP contribution in [0, 0.1) is 6.92 Å². The third-order valence-corrected chi connectivity index (χ3v) is 3.89. The largest absolute Gasteiger partial charge is 0.369 e. The molecule has 0 bridgehead atoms. The number of nitrogens with zero attached hydrogens (tertiary/aromatic N) is 3. The molecule has 5 heteroatoms. The molecule has 0 saturated heterocycles. The fraction of sp³-hybridized carbons (Fsp3) is 0.474. The Kier molecular flexibility index (Phi) is 6.55. The molecule has 0 unspecified atom stereocenters. The minimum atomic E-state index is 0.536. The Hall–Kier alpha value is -2.14. The van der Waals surface area contributed by atoms with Crippen LogP contribution in [0.5, 0.6) is 0 Å². The van der Waals surface area contributed by atoms with Gasteiger partial charge >= 0.3 is 0 Å². The molecule has 2 aromatic rings. The number of anilines is 3.